The van der Waals surface area contributed by atoms with Crippen molar-refractivity contribution >= 4 is 5.78 Å². The molecule has 0 aromatic carbocycles. The molecule has 0 saturated heterocycles. The first-order valence-corrected chi connectivity index (χ1v) is 4.05. The van der Waals surface area contributed by atoms with Crippen LogP contribution in [0.1, 0.15) is 33.1 Å². The lowest BCUT2D eigenvalue weighted by Crippen LogP contribution is -1.98. The van der Waals surface area contributed by atoms with Gasteiger partial charge in [-0.1, -0.05) is 32.1 Å². The van der Waals surface area contributed by atoms with Gasteiger partial charge in [0.1, 0.15) is 0 Å². The quantitative estimate of drug-likeness (QED) is 0.437. The second kappa shape index (κ2) is 5.90. The van der Waals surface area contributed by atoms with Gasteiger partial charge in [-0.3, -0.25) is 4.79 Å². The molecule has 0 aromatic heterocycles. The zero-order chi connectivity index (χ0) is 8.69. The van der Waals surface area contributed by atoms with Crippen LogP contribution in [0.25, 0.3) is 0 Å². The summed E-state index contributed by atoms with van der Waals surface area (Å²) in [5.41, 5.74) is 0.813. The Morgan fingerprint density at radius 3 is 2.64 bits per heavy atom. The predicted molar refractivity (Wildman–Crippen MR) is 48.5 cm³/mol. The van der Waals surface area contributed by atoms with Gasteiger partial charge < -0.3 is 0 Å². The van der Waals surface area contributed by atoms with Crippen LogP contribution in [-0.4, -0.2) is 5.78 Å². The molecule has 0 heterocycles. The third kappa shape index (κ3) is 4.54. The van der Waals surface area contributed by atoms with E-state index in [1.54, 1.807) is 12.2 Å². The van der Waals surface area contributed by atoms with Gasteiger partial charge in [0.15, 0.2) is 5.78 Å². The van der Waals surface area contributed by atoms with Crippen LogP contribution in [0.2, 0.25) is 0 Å². The highest BCUT2D eigenvalue weighted by molar-refractivity contribution is 5.94. The van der Waals surface area contributed by atoms with Crippen LogP contribution in [0, 0.1) is 0 Å². The van der Waals surface area contributed by atoms with E-state index in [2.05, 4.69) is 13.5 Å². The summed E-state index contributed by atoms with van der Waals surface area (Å²) >= 11 is 0. The van der Waals surface area contributed by atoms with Crippen LogP contribution in [0.3, 0.4) is 0 Å². The van der Waals surface area contributed by atoms with Crippen LogP contribution in [0.15, 0.2) is 24.3 Å². The molecule has 0 aromatic rings. The van der Waals surface area contributed by atoms with Crippen LogP contribution in [0.5, 0.6) is 0 Å². The maximum Gasteiger partial charge on any atom is 0.158 e. The normalized spacial score (nSPS) is 11.3. The fourth-order valence-electron chi connectivity index (χ4n) is 0.804. The van der Waals surface area contributed by atoms with E-state index < -0.39 is 0 Å². The molecule has 0 unspecified atom stereocenters. The molecule has 0 bridgehead atoms. The van der Waals surface area contributed by atoms with E-state index in [1.807, 2.05) is 6.92 Å². The van der Waals surface area contributed by atoms with Crippen molar-refractivity contribution in [2.24, 2.45) is 0 Å². The van der Waals surface area contributed by atoms with Crippen molar-refractivity contribution in [2.45, 2.75) is 33.1 Å². The first kappa shape index (κ1) is 10.2. The molecule has 0 spiro atoms. The summed E-state index contributed by atoms with van der Waals surface area (Å²) in [4.78, 5) is 11.2. The fraction of sp³-hybridized carbons (Fsp3) is 0.500. The van der Waals surface area contributed by atoms with Gasteiger partial charge in [0, 0.05) is 6.42 Å². The van der Waals surface area contributed by atoms with Crippen molar-refractivity contribution in [3.63, 3.8) is 0 Å². The van der Waals surface area contributed by atoms with Crippen molar-refractivity contribution < 1.29 is 4.79 Å². The lowest BCUT2D eigenvalue weighted by Gasteiger charge is -1.96. The Balaban J connectivity index is 3.82. The SMILES string of the molecule is C=CC=C(C)C(=O)CCCC. The lowest BCUT2D eigenvalue weighted by molar-refractivity contribution is -0.115. The monoisotopic (exact) mass is 152 g/mol. The Bertz CT molecular complexity index is 166. The molecule has 62 valence electrons. The smallest absolute Gasteiger partial charge is 0.158 e. The largest absolute Gasteiger partial charge is 0.295 e. The lowest BCUT2D eigenvalue weighted by atomic mass is 10.1. The van der Waals surface area contributed by atoms with E-state index in [4.69, 9.17) is 0 Å². The molecular formula is C10H16O. The minimum Gasteiger partial charge on any atom is -0.295 e. The first-order chi connectivity index (χ1) is 5.22. The zero-order valence-electron chi connectivity index (χ0n) is 7.39. The van der Waals surface area contributed by atoms with Gasteiger partial charge in [0.05, 0.1) is 0 Å². The Hall–Kier alpha value is -0.850. The highest BCUT2D eigenvalue weighted by Crippen LogP contribution is 2.03. The summed E-state index contributed by atoms with van der Waals surface area (Å²) in [6.45, 7) is 7.45. The Labute approximate surface area is 68.8 Å². The molecule has 0 saturated carbocycles. The predicted octanol–water partition coefficient (Wildman–Crippen LogP) is 2.88. The molecule has 0 rings (SSSR count). The van der Waals surface area contributed by atoms with Crippen LogP contribution < -0.4 is 0 Å². The number of rotatable bonds is 5. The second-order valence-electron chi connectivity index (χ2n) is 2.61. The van der Waals surface area contributed by atoms with Crippen LogP contribution in [-0.2, 0) is 4.79 Å². The molecule has 1 heteroatoms. The van der Waals surface area contributed by atoms with E-state index >= 15 is 0 Å². The number of Topliss-reactive ketones (excluding diaryl/α,β-unsaturated/α-hetero) is 1. The average Bonchev–Trinajstić information content (AvgIpc) is 2.00. The summed E-state index contributed by atoms with van der Waals surface area (Å²) in [7, 11) is 0. The summed E-state index contributed by atoms with van der Waals surface area (Å²) in [5, 5.41) is 0. The zero-order valence-corrected chi connectivity index (χ0v) is 7.39. The molecule has 0 atom stereocenters. The molecule has 0 aliphatic rings. The molecule has 0 radical (unpaired) electrons. The number of unbranched alkanes of at least 4 members (excludes halogenated alkanes) is 1. The van der Waals surface area contributed by atoms with Crippen LogP contribution >= 0.6 is 0 Å². The summed E-state index contributed by atoms with van der Waals surface area (Å²) in [5.74, 6) is 0.242. The maximum atomic E-state index is 11.2. The molecular weight excluding hydrogens is 136 g/mol. The number of hydrogen-bond acceptors (Lipinski definition) is 1. The summed E-state index contributed by atoms with van der Waals surface area (Å²) < 4.78 is 0. The topological polar surface area (TPSA) is 17.1 Å². The minimum atomic E-state index is 0.242. The van der Waals surface area contributed by atoms with E-state index in [-0.39, 0.29) is 5.78 Å². The van der Waals surface area contributed by atoms with E-state index in [9.17, 15) is 4.79 Å². The molecule has 1 nitrogen and oxygen atoms in total. The number of ketones is 1. The van der Waals surface area contributed by atoms with Gasteiger partial charge >= 0.3 is 0 Å². The van der Waals surface area contributed by atoms with Gasteiger partial charge in [0.25, 0.3) is 0 Å². The fourth-order valence-corrected chi connectivity index (χ4v) is 0.804. The molecule has 0 aliphatic heterocycles. The average molecular weight is 152 g/mol. The summed E-state index contributed by atoms with van der Waals surface area (Å²) in [6, 6.07) is 0. The van der Waals surface area contributed by atoms with Crippen molar-refractivity contribution in [1.29, 1.82) is 0 Å². The minimum absolute atomic E-state index is 0.242. The molecule has 0 aliphatic carbocycles. The third-order valence-corrected chi connectivity index (χ3v) is 1.57. The third-order valence-electron chi connectivity index (χ3n) is 1.57. The molecule has 11 heavy (non-hydrogen) atoms. The Morgan fingerprint density at radius 1 is 1.55 bits per heavy atom. The highest BCUT2D eigenvalue weighted by Gasteiger charge is 2.01. The Kier molecular flexibility index (Phi) is 5.44. The van der Waals surface area contributed by atoms with E-state index in [0.29, 0.717) is 6.42 Å². The molecule has 0 fully saturated rings. The number of hydrogen-bond donors (Lipinski definition) is 0. The summed E-state index contributed by atoms with van der Waals surface area (Å²) in [6.07, 6.45) is 6.15. The van der Waals surface area contributed by atoms with E-state index in [0.717, 1.165) is 18.4 Å². The van der Waals surface area contributed by atoms with Gasteiger partial charge in [-0.25, -0.2) is 0 Å². The number of allylic oxidation sites excluding steroid dienone is 3. The maximum absolute atomic E-state index is 11.2. The van der Waals surface area contributed by atoms with Gasteiger partial charge in [-0.05, 0) is 18.9 Å². The van der Waals surface area contributed by atoms with Crippen molar-refractivity contribution in [1.82, 2.24) is 0 Å². The second-order valence-corrected chi connectivity index (χ2v) is 2.61. The van der Waals surface area contributed by atoms with Crippen molar-refractivity contribution in [3.8, 4) is 0 Å². The highest BCUT2D eigenvalue weighted by atomic mass is 16.1. The van der Waals surface area contributed by atoms with Gasteiger partial charge in [0.2, 0.25) is 0 Å². The first-order valence-electron chi connectivity index (χ1n) is 4.05. The number of carbonyl (C=O) groups excluding carboxylic acids is 1. The van der Waals surface area contributed by atoms with Gasteiger partial charge in [-0.15, -0.1) is 0 Å². The van der Waals surface area contributed by atoms with Crippen molar-refractivity contribution in [2.75, 3.05) is 0 Å². The number of carbonyl (C=O) groups is 1. The van der Waals surface area contributed by atoms with Gasteiger partial charge in [-0.2, -0.15) is 0 Å². The standard InChI is InChI=1S/C10H16O/c1-4-6-8-10(11)9(3)7-5-2/h5,7H,2,4,6,8H2,1,3H3. The van der Waals surface area contributed by atoms with Crippen molar-refractivity contribution in [3.05, 3.63) is 24.3 Å². The molecule has 0 N–H and O–H groups in total. The van der Waals surface area contributed by atoms with Crippen LogP contribution in [0.4, 0.5) is 0 Å². The molecule has 0 amide bonds. The van der Waals surface area contributed by atoms with E-state index in [1.165, 1.54) is 0 Å². The Morgan fingerprint density at radius 2 is 2.18 bits per heavy atom.